The Bertz CT molecular complexity index is 327. The number of hydrogen-bond acceptors (Lipinski definition) is 4. The number of nitrogens with one attached hydrogen (secondary N) is 1. The number of alkyl carbamates (subject to hydrolysis) is 1. The Labute approximate surface area is 118 Å². The minimum atomic E-state index is -0.769. The van der Waals surface area contributed by atoms with Crippen molar-refractivity contribution in [1.29, 1.82) is 0 Å². The summed E-state index contributed by atoms with van der Waals surface area (Å²) >= 11 is 1.79. The van der Waals surface area contributed by atoms with Crippen LogP contribution in [0, 0.1) is 11.8 Å². The first-order valence-corrected chi connectivity index (χ1v) is 7.70. The number of carboxylic acid groups (broad SMARTS) is 1. The molecule has 0 aliphatic carbocycles. The Morgan fingerprint density at radius 3 is 2.63 bits per heavy atom. The van der Waals surface area contributed by atoms with Crippen LogP contribution in [0.3, 0.4) is 0 Å². The van der Waals surface area contributed by atoms with Crippen molar-refractivity contribution in [3.8, 4) is 0 Å². The van der Waals surface area contributed by atoms with Gasteiger partial charge in [-0.05, 0) is 50.5 Å². The fourth-order valence-electron chi connectivity index (χ4n) is 2.09. The first-order valence-electron chi connectivity index (χ1n) is 6.54. The zero-order valence-corrected chi connectivity index (χ0v) is 12.6. The molecule has 5 nitrogen and oxygen atoms in total. The highest BCUT2D eigenvalue weighted by Gasteiger charge is 2.28. The van der Waals surface area contributed by atoms with E-state index in [0.29, 0.717) is 6.54 Å². The first kappa shape index (κ1) is 16.1. The number of thioether (sulfide) groups is 1. The molecule has 0 spiro atoms. The van der Waals surface area contributed by atoms with Crippen LogP contribution in [0.25, 0.3) is 0 Å². The first-order chi connectivity index (χ1) is 8.78. The molecule has 1 saturated heterocycles. The van der Waals surface area contributed by atoms with Crippen molar-refractivity contribution in [2.45, 2.75) is 39.2 Å². The molecular formula is C13H23NO4S. The molecule has 19 heavy (non-hydrogen) atoms. The molecule has 0 aromatic rings. The molecule has 110 valence electrons. The van der Waals surface area contributed by atoms with E-state index in [1.807, 2.05) is 20.8 Å². The van der Waals surface area contributed by atoms with Crippen LogP contribution in [0.4, 0.5) is 4.79 Å². The number of carbonyl (C=O) groups excluding carboxylic acids is 1. The topological polar surface area (TPSA) is 75.6 Å². The normalized spacial score (nSPS) is 23.7. The van der Waals surface area contributed by atoms with E-state index in [1.54, 1.807) is 11.8 Å². The van der Waals surface area contributed by atoms with Crippen LogP contribution in [-0.4, -0.2) is 40.8 Å². The molecule has 1 fully saturated rings. The van der Waals surface area contributed by atoms with E-state index in [1.165, 1.54) is 0 Å². The summed E-state index contributed by atoms with van der Waals surface area (Å²) in [6, 6.07) is 0. The van der Waals surface area contributed by atoms with Crippen LogP contribution in [0.2, 0.25) is 0 Å². The Morgan fingerprint density at radius 2 is 2.05 bits per heavy atom. The fraction of sp³-hybridized carbons (Fsp3) is 0.846. The third kappa shape index (κ3) is 6.71. The molecule has 1 amide bonds. The van der Waals surface area contributed by atoms with E-state index in [2.05, 4.69) is 5.32 Å². The average molecular weight is 289 g/mol. The minimum Gasteiger partial charge on any atom is -0.481 e. The maximum absolute atomic E-state index is 11.6. The number of carbonyl (C=O) groups is 2. The van der Waals surface area contributed by atoms with Crippen LogP contribution < -0.4 is 5.32 Å². The highest BCUT2D eigenvalue weighted by molar-refractivity contribution is 7.99. The number of hydrogen-bond donors (Lipinski definition) is 2. The molecule has 2 atom stereocenters. The van der Waals surface area contributed by atoms with Crippen molar-refractivity contribution < 1.29 is 19.4 Å². The molecule has 1 aliphatic rings. The molecule has 2 N–H and O–H groups in total. The second kappa shape index (κ2) is 7.03. The molecule has 0 radical (unpaired) electrons. The summed E-state index contributed by atoms with van der Waals surface area (Å²) in [6.45, 7) is 5.94. The molecule has 1 rings (SSSR count). The Hall–Kier alpha value is -0.910. The molecule has 0 aromatic heterocycles. The monoisotopic (exact) mass is 289 g/mol. The largest absolute Gasteiger partial charge is 0.481 e. The second-order valence-electron chi connectivity index (χ2n) is 5.86. The summed E-state index contributed by atoms with van der Waals surface area (Å²) < 4.78 is 5.17. The maximum Gasteiger partial charge on any atom is 0.407 e. The summed E-state index contributed by atoms with van der Waals surface area (Å²) in [5.74, 6) is 1.47. The van der Waals surface area contributed by atoms with E-state index in [4.69, 9.17) is 9.84 Å². The number of carboxylic acids is 1. The van der Waals surface area contributed by atoms with Gasteiger partial charge in [0.2, 0.25) is 0 Å². The Kier molecular flexibility index (Phi) is 5.97. The van der Waals surface area contributed by atoms with Gasteiger partial charge in [-0.15, -0.1) is 0 Å². The highest BCUT2D eigenvalue weighted by atomic mass is 32.2. The lowest BCUT2D eigenvalue weighted by Crippen LogP contribution is -2.39. The van der Waals surface area contributed by atoms with E-state index in [9.17, 15) is 9.59 Å². The van der Waals surface area contributed by atoms with Gasteiger partial charge in [0, 0.05) is 13.0 Å². The van der Waals surface area contributed by atoms with Crippen LogP contribution in [0.1, 0.15) is 33.6 Å². The minimum absolute atomic E-state index is 0.131. The van der Waals surface area contributed by atoms with E-state index in [-0.39, 0.29) is 18.3 Å². The second-order valence-corrected chi connectivity index (χ2v) is 7.01. The lowest BCUT2D eigenvalue weighted by atomic mass is 9.88. The molecule has 0 bridgehead atoms. The summed E-state index contributed by atoms with van der Waals surface area (Å²) in [6.07, 6.45) is 0.686. The van der Waals surface area contributed by atoms with Crippen molar-refractivity contribution in [1.82, 2.24) is 5.32 Å². The Morgan fingerprint density at radius 1 is 1.37 bits per heavy atom. The standard InChI is InChI=1S/C13H23NO4S/c1-13(2,3)18-12(17)14-7-9-4-5-19-8-10(9)6-11(15)16/h9-10H,4-8H2,1-3H3,(H,14,17)(H,15,16)/t9-,10-/m0/s1. The third-order valence-corrected chi connectivity index (χ3v) is 4.16. The van der Waals surface area contributed by atoms with Gasteiger partial charge >= 0.3 is 12.1 Å². The van der Waals surface area contributed by atoms with E-state index < -0.39 is 17.7 Å². The number of ether oxygens (including phenoxy) is 1. The summed E-state index contributed by atoms with van der Waals surface area (Å²) in [7, 11) is 0. The van der Waals surface area contributed by atoms with Gasteiger partial charge in [-0.25, -0.2) is 4.79 Å². The molecule has 1 heterocycles. The van der Waals surface area contributed by atoms with Gasteiger partial charge < -0.3 is 15.2 Å². The molecule has 6 heteroatoms. The molecule has 0 saturated carbocycles. The van der Waals surface area contributed by atoms with Gasteiger partial charge in [0.25, 0.3) is 0 Å². The molecule has 0 unspecified atom stereocenters. The number of rotatable bonds is 4. The van der Waals surface area contributed by atoms with Crippen LogP contribution >= 0.6 is 11.8 Å². The van der Waals surface area contributed by atoms with Gasteiger partial charge in [0.1, 0.15) is 5.60 Å². The quantitative estimate of drug-likeness (QED) is 0.831. The SMILES string of the molecule is CC(C)(C)OC(=O)NC[C@@H]1CCSC[C@@H]1CC(=O)O. The predicted molar refractivity (Wildman–Crippen MR) is 75.4 cm³/mol. The Balaban J connectivity index is 2.40. The molecule has 1 aliphatic heterocycles. The smallest absolute Gasteiger partial charge is 0.407 e. The number of aliphatic carboxylic acids is 1. The van der Waals surface area contributed by atoms with E-state index >= 15 is 0 Å². The van der Waals surface area contributed by atoms with E-state index in [0.717, 1.165) is 17.9 Å². The lowest BCUT2D eigenvalue weighted by molar-refractivity contribution is -0.138. The van der Waals surface area contributed by atoms with Crippen molar-refractivity contribution in [3.05, 3.63) is 0 Å². The fourth-order valence-corrected chi connectivity index (χ4v) is 3.42. The van der Waals surface area contributed by atoms with Crippen LogP contribution in [-0.2, 0) is 9.53 Å². The highest BCUT2D eigenvalue weighted by Crippen LogP contribution is 2.30. The summed E-state index contributed by atoms with van der Waals surface area (Å²) in [5.41, 5.74) is -0.507. The number of amides is 1. The van der Waals surface area contributed by atoms with Crippen molar-refractivity contribution in [2.24, 2.45) is 11.8 Å². The molecule has 0 aromatic carbocycles. The predicted octanol–water partition coefficient (Wildman–Crippen LogP) is 2.36. The van der Waals surface area contributed by atoms with Gasteiger partial charge in [-0.2, -0.15) is 11.8 Å². The average Bonchev–Trinajstić information content (AvgIpc) is 2.24. The van der Waals surface area contributed by atoms with Crippen molar-refractivity contribution in [2.75, 3.05) is 18.1 Å². The zero-order chi connectivity index (χ0) is 14.5. The third-order valence-electron chi connectivity index (χ3n) is 2.98. The van der Waals surface area contributed by atoms with Crippen LogP contribution in [0.5, 0.6) is 0 Å². The summed E-state index contributed by atoms with van der Waals surface area (Å²) in [4.78, 5) is 22.4. The zero-order valence-electron chi connectivity index (χ0n) is 11.8. The maximum atomic E-state index is 11.6. The van der Waals surface area contributed by atoms with Crippen molar-refractivity contribution in [3.63, 3.8) is 0 Å². The van der Waals surface area contributed by atoms with Gasteiger partial charge in [0.15, 0.2) is 0 Å². The van der Waals surface area contributed by atoms with Gasteiger partial charge in [-0.1, -0.05) is 0 Å². The van der Waals surface area contributed by atoms with Gasteiger partial charge in [-0.3, -0.25) is 4.79 Å². The van der Waals surface area contributed by atoms with Gasteiger partial charge in [0.05, 0.1) is 0 Å². The summed E-state index contributed by atoms with van der Waals surface area (Å²) in [5, 5.41) is 11.6. The molecular weight excluding hydrogens is 266 g/mol. The lowest BCUT2D eigenvalue weighted by Gasteiger charge is -2.30. The van der Waals surface area contributed by atoms with Crippen molar-refractivity contribution >= 4 is 23.8 Å². The van der Waals surface area contributed by atoms with Crippen LogP contribution in [0.15, 0.2) is 0 Å².